The number of hydrogen-bond acceptors (Lipinski definition) is 3. The van der Waals surface area contributed by atoms with Crippen LogP contribution in [0, 0.1) is 0 Å². The Labute approximate surface area is 107 Å². The fourth-order valence-electron chi connectivity index (χ4n) is 1.79. The Hall–Kier alpha value is -0.420. The smallest absolute Gasteiger partial charge is 0.287 e. The molecule has 16 heavy (non-hydrogen) atoms. The van der Waals surface area contributed by atoms with Gasteiger partial charge in [0.15, 0.2) is 10.4 Å². The third kappa shape index (κ3) is 2.46. The molecule has 1 amide bonds. The van der Waals surface area contributed by atoms with E-state index in [1.54, 1.807) is 12.1 Å². The van der Waals surface area contributed by atoms with Gasteiger partial charge in [-0.3, -0.25) is 4.79 Å². The molecule has 0 aromatic carbocycles. The van der Waals surface area contributed by atoms with Gasteiger partial charge in [0.2, 0.25) is 0 Å². The minimum atomic E-state index is -0.133. The molecule has 88 valence electrons. The monoisotopic (exact) mass is 303 g/mol. The minimum Gasteiger partial charge on any atom is -0.444 e. The molecule has 0 unspecified atom stereocenters. The molecule has 2 rings (SSSR count). The van der Waals surface area contributed by atoms with Gasteiger partial charge in [-0.05, 0) is 47.2 Å². The highest BCUT2D eigenvalue weighted by Crippen LogP contribution is 2.42. The Morgan fingerprint density at radius 3 is 2.81 bits per heavy atom. The number of hydrogen-bond donors (Lipinski definition) is 1. The number of thioether (sulfide) groups is 1. The van der Waals surface area contributed by atoms with E-state index in [2.05, 4.69) is 27.5 Å². The first-order valence-electron chi connectivity index (χ1n) is 5.24. The lowest BCUT2D eigenvalue weighted by Crippen LogP contribution is -2.45. The highest BCUT2D eigenvalue weighted by molar-refractivity contribution is 9.10. The highest BCUT2D eigenvalue weighted by atomic mass is 79.9. The zero-order chi connectivity index (χ0) is 11.6. The lowest BCUT2D eigenvalue weighted by atomic mass is 9.84. The number of nitrogens with one attached hydrogen (secondary N) is 1. The van der Waals surface area contributed by atoms with Gasteiger partial charge in [0, 0.05) is 11.3 Å². The van der Waals surface area contributed by atoms with Crippen molar-refractivity contribution in [1.82, 2.24) is 5.32 Å². The van der Waals surface area contributed by atoms with Crippen LogP contribution in [0.4, 0.5) is 0 Å². The molecule has 5 heteroatoms. The topological polar surface area (TPSA) is 42.2 Å². The fourth-order valence-corrected chi connectivity index (χ4v) is 3.01. The Bertz CT molecular complexity index is 382. The van der Waals surface area contributed by atoms with Crippen LogP contribution in [0.25, 0.3) is 0 Å². The van der Waals surface area contributed by atoms with E-state index >= 15 is 0 Å². The van der Waals surface area contributed by atoms with Crippen molar-refractivity contribution in [2.45, 2.75) is 24.0 Å². The summed E-state index contributed by atoms with van der Waals surface area (Å²) in [7, 11) is 0. The molecule has 1 heterocycles. The van der Waals surface area contributed by atoms with Crippen LogP contribution >= 0.6 is 27.7 Å². The molecular formula is C11H14BrNO2S. The summed E-state index contributed by atoms with van der Waals surface area (Å²) in [6.07, 6.45) is 5.75. The van der Waals surface area contributed by atoms with E-state index in [0.717, 1.165) is 6.54 Å². The van der Waals surface area contributed by atoms with E-state index < -0.39 is 0 Å². The summed E-state index contributed by atoms with van der Waals surface area (Å²) in [5.74, 6) is 0.230. The summed E-state index contributed by atoms with van der Waals surface area (Å²) >= 11 is 5.03. The molecule has 0 saturated heterocycles. The van der Waals surface area contributed by atoms with Gasteiger partial charge in [0.1, 0.15) is 0 Å². The molecule has 0 bridgehead atoms. The van der Waals surface area contributed by atoms with Crippen molar-refractivity contribution < 1.29 is 9.21 Å². The summed E-state index contributed by atoms with van der Waals surface area (Å²) in [4.78, 5) is 11.7. The highest BCUT2D eigenvalue weighted by Gasteiger charge is 2.36. The van der Waals surface area contributed by atoms with Crippen molar-refractivity contribution in [2.24, 2.45) is 0 Å². The molecule has 1 fully saturated rings. The van der Waals surface area contributed by atoms with Crippen molar-refractivity contribution in [3.8, 4) is 0 Å². The SMILES string of the molecule is CSC1(CNC(=O)c2ccc(Br)o2)CCC1. The van der Waals surface area contributed by atoms with Gasteiger partial charge in [-0.1, -0.05) is 6.42 Å². The summed E-state index contributed by atoms with van der Waals surface area (Å²) in [5.41, 5.74) is 0. The quantitative estimate of drug-likeness (QED) is 0.929. The predicted octanol–water partition coefficient (Wildman–Crippen LogP) is 3.06. The standard InChI is InChI=1S/C11H14BrNO2S/c1-16-11(5-2-6-11)7-13-10(14)8-3-4-9(12)15-8/h3-4H,2,5-7H2,1H3,(H,13,14). The Balaban J connectivity index is 1.88. The number of amides is 1. The zero-order valence-electron chi connectivity index (χ0n) is 9.09. The molecule has 1 aromatic heterocycles. The second kappa shape index (κ2) is 4.84. The molecule has 1 aliphatic rings. The molecule has 0 atom stereocenters. The zero-order valence-corrected chi connectivity index (χ0v) is 11.5. The van der Waals surface area contributed by atoms with Crippen LogP contribution in [-0.2, 0) is 0 Å². The van der Waals surface area contributed by atoms with E-state index in [0.29, 0.717) is 10.4 Å². The third-order valence-electron chi connectivity index (χ3n) is 3.07. The van der Waals surface area contributed by atoms with E-state index in [1.165, 1.54) is 19.3 Å². The maximum atomic E-state index is 11.7. The number of carbonyl (C=O) groups excluding carboxylic acids is 1. The number of rotatable bonds is 4. The largest absolute Gasteiger partial charge is 0.444 e. The van der Waals surface area contributed by atoms with Gasteiger partial charge in [-0.25, -0.2) is 0 Å². The Kier molecular flexibility index (Phi) is 3.64. The molecule has 0 aliphatic heterocycles. The van der Waals surface area contributed by atoms with E-state index in [9.17, 15) is 4.79 Å². The van der Waals surface area contributed by atoms with Gasteiger partial charge in [0.05, 0.1) is 0 Å². The minimum absolute atomic E-state index is 0.133. The molecule has 1 aliphatic carbocycles. The van der Waals surface area contributed by atoms with Gasteiger partial charge >= 0.3 is 0 Å². The van der Waals surface area contributed by atoms with Gasteiger partial charge in [-0.2, -0.15) is 11.8 Å². The number of halogens is 1. The number of furan rings is 1. The van der Waals surface area contributed by atoms with E-state index in [-0.39, 0.29) is 10.7 Å². The second-order valence-corrected chi connectivity index (χ2v) is 6.08. The van der Waals surface area contributed by atoms with Crippen molar-refractivity contribution in [1.29, 1.82) is 0 Å². The lowest BCUT2D eigenvalue weighted by Gasteiger charge is -2.40. The summed E-state index contributed by atoms with van der Waals surface area (Å²) in [6.45, 7) is 0.727. The van der Waals surface area contributed by atoms with Crippen molar-refractivity contribution in [2.75, 3.05) is 12.8 Å². The molecule has 0 spiro atoms. The Morgan fingerprint density at radius 2 is 2.38 bits per heavy atom. The van der Waals surface area contributed by atoms with Crippen LogP contribution in [0.3, 0.4) is 0 Å². The number of carbonyl (C=O) groups is 1. The van der Waals surface area contributed by atoms with Crippen LogP contribution in [0.2, 0.25) is 0 Å². The van der Waals surface area contributed by atoms with E-state index in [1.807, 2.05) is 11.8 Å². The molecule has 0 radical (unpaired) electrons. The lowest BCUT2D eigenvalue weighted by molar-refractivity contribution is 0.0915. The Morgan fingerprint density at radius 1 is 1.62 bits per heavy atom. The van der Waals surface area contributed by atoms with Crippen molar-refractivity contribution >= 4 is 33.6 Å². The van der Waals surface area contributed by atoms with Crippen molar-refractivity contribution in [3.63, 3.8) is 0 Å². The average Bonchev–Trinajstić information content (AvgIpc) is 2.64. The normalized spacial score (nSPS) is 17.9. The molecule has 1 saturated carbocycles. The maximum Gasteiger partial charge on any atom is 0.287 e. The fraction of sp³-hybridized carbons (Fsp3) is 0.545. The summed E-state index contributed by atoms with van der Waals surface area (Å²) in [5, 5.41) is 2.93. The van der Waals surface area contributed by atoms with Crippen LogP contribution in [0.1, 0.15) is 29.8 Å². The van der Waals surface area contributed by atoms with Crippen LogP contribution in [-0.4, -0.2) is 23.5 Å². The summed E-state index contributed by atoms with van der Waals surface area (Å²) < 4.78 is 6.04. The first-order valence-corrected chi connectivity index (χ1v) is 7.26. The molecular weight excluding hydrogens is 290 g/mol. The molecule has 1 N–H and O–H groups in total. The average molecular weight is 304 g/mol. The maximum absolute atomic E-state index is 11.7. The van der Waals surface area contributed by atoms with Crippen LogP contribution in [0.15, 0.2) is 21.2 Å². The van der Waals surface area contributed by atoms with Gasteiger partial charge in [-0.15, -0.1) is 0 Å². The van der Waals surface area contributed by atoms with Crippen molar-refractivity contribution in [3.05, 3.63) is 22.6 Å². The van der Waals surface area contributed by atoms with Gasteiger partial charge < -0.3 is 9.73 Å². The third-order valence-corrected chi connectivity index (χ3v) is 4.91. The summed E-state index contributed by atoms with van der Waals surface area (Å²) in [6, 6.07) is 3.40. The van der Waals surface area contributed by atoms with Gasteiger partial charge in [0.25, 0.3) is 5.91 Å². The van der Waals surface area contributed by atoms with E-state index in [4.69, 9.17) is 4.42 Å². The molecule has 1 aromatic rings. The van der Waals surface area contributed by atoms with Crippen LogP contribution in [0.5, 0.6) is 0 Å². The second-order valence-electron chi connectivity index (χ2n) is 4.03. The van der Waals surface area contributed by atoms with Crippen LogP contribution < -0.4 is 5.32 Å². The first-order chi connectivity index (χ1) is 7.65. The first kappa shape index (κ1) is 12.0. The predicted molar refractivity (Wildman–Crippen MR) is 68.8 cm³/mol. The molecule has 3 nitrogen and oxygen atoms in total.